The topological polar surface area (TPSA) is 29.9 Å². The van der Waals surface area contributed by atoms with E-state index in [4.69, 9.17) is 23.2 Å². The predicted octanol–water partition coefficient (Wildman–Crippen LogP) is 4.01. The van der Waals surface area contributed by atoms with Gasteiger partial charge < -0.3 is 5.32 Å². The normalized spacial score (nSPS) is 12.6. The molecule has 0 radical (unpaired) electrons. The quantitative estimate of drug-likeness (QED) is 0.873. The summed E-state index contributed by atoms with van der Waals surface area (Å²) >= 11 is 12.6. The predicted molar refractivity (Wildman–Crippen MR) is 84.4 cm³/mol. The van der Waals surface area contributed by atoms with Crippen molar-refractivity contribution in [3.05, 3.63) is 51.8 Å². The van der Waals surface area contributed by atoms with Crippen molar-refractivity contribution in [1.29, 1.82) is 0 Å². The second-order valence-electron chi connectivity index (χ2n) is 4.81. The second-order valence-corrected chi connectivity index (χ2v) is 5.62. The smallest absolute Gasteiger partial charge is 0.0521 e. The lowest BCUT2D eigenvalue weighted by Crippen LogP contribution is -2.22. The van der Waals surface area contributed by atoms with Crippen molar-refractivity contribution in [2.45, 2.75) is 25.8 Å². The summed E-state index contributed by atoms with van der Waals surface area (Å²) in [4.78, 5) is 0. The van der Waals surface area contributed by atoms with Gasteiger partial charge in [0.25, 0.3) is 0 Å². The molecule has 20 heavy (non-hydrogen) atoms. The lowest BCUT2D eigenvalue weighted by atomic mass is 10.00. The molecule has 2 rings (SSSR count). The van der Waals surface area contributed by atoms with Gasteiger partial charge in [-0.05, 0) is 37.1 Å². The molecular weight excluding hydrogens is 293 g/mol. The molecule has 2 aromatic rings. The number of halogens is 2. The summed E-state index contributed by atoms with van der Waals surface area (Å²) in [6, 6.07) is 5.80. The van der Waals surface area contributed by atoms with Crippen LogP contribution in [-0.2, 0) is 13.5 Å². The molecule has 1 heterocycles. The number of hydrogen-bond acceptors (Lipinski definition) is 2. The van der Waals surface area contributed by atoms with E-state index in [-0.39, 0.29) is 6.04 Å². The molecule has 1 unspecified atom stereocenters. The highest BCUT2D eigenvalue weighted by molar-refractivity contribution is 6.36. The molecule has 0 amide bonds. The second kappa shape index (κ2) is 7.11. The molecular formula is C15H19Cl2N3. The van der Waals surface area contributed by atoms with Crippen LogP contribution in [-0.4, -0.2) is 16.3 Å². The van der Waals surface area contributed by atoms with Gasteiger partial charge in [-0.2, -0.15) is 5.10 Å². The molecule has 1 aromatic carbocycles. The standard InChI is InChI=1S/C15H19Cl2N3/c1-3-18-14(8-7-11-9-19-20(2)10-11)15-12(16)5-4-6-13(15)17/h4-6,9-10,14,18H,3,7-8H2,1-2H3. The molecule has 1 atom stereocenters. The summed E-state index contributed by atoms with van der Waals surface area (Å²) in [5, 5.41) is 9.09. The van der Waals surface area contributed by atoms with Crippen molar-refractivity contribution in [1.82, 2.24) is 15.1 Å². The summed E-state index contributed by atoms with van der Waals surface area (Å²) in [6.45, 7) is 2.96. The molecule has 0 aliphatic carbocycles. The number of aryl methyl sites for hydroxylation is 2. The summed E-state index contributed by atoms with van der Waals surface area (Å²) in [6.07, 6.45) is 5.81. The molecule has 108 valence electrons. The Morgan fingerprint density at radius 3 is 2.55 bits per heavy atom. The first kappa shape index (κ1) is 15.4. The monoisotopic (exact) mass is 311 g/mol. The van der Waals surface area contributed by atoms with E-state index in [0.29, 0.717) is 0 Å². The summed E-state index contributed by atoms with van der Waals surface area (Å²) in [5.74, 6) is 0. The van der Waals surface area contributed by atoms with E-state index >= 15 is 0 Å². The highest BCUT2D eigenvalue weighted by Crippen LogP contribution is 2.32. The third kappa shape index (κ3) is 3.75. The number of benzene rings is 1. The molecule has 3 nitrogen and oxygen atoms in total. The molecule has 1 aromatic heterocycles. The van der Waals surface area contributed by atoms with Crippen LogP contribution in [0.2, 0.25) is 10.0 Å². The Labute approximate surface area is 129 Å². The van der Waals surface area contributed by atoms with E-state index in [1.54, 1.807) is 0 Å². The first-order valence-electron chi connectivity index (χ1n) is 6.76. The number of nitrogens with one attached hydrogen (secondary N) is 1. The van der Waals surface area contributed by atoms with E-state index in [2.05, 4.69) is 17.3 Å². The van der Waals surface area contributed by atoms with Gasteiger partial charge in [0, 0.05) is 34.9 Å². The van der Waals surface area contributed by atoms with Gasteiger partial charge in [-0.25, -0.2) is 0 Å². The fourth-order valence-electron chi connectivity index (χ4n) is 2.35. The van der Waals surface area contributed by atoms with Crippen LogP contribution in [0.25, 0.3) is 0 Å². The van der Waals surface area contributed by atoms with Gasteiger partial charge in [-0.3, -0.25) is 4.68 Å². The van der Waals surface area contributed by atoms with E-state index < -0.39 is 0 Å². The minimum absolute atomic E-state index is 0.154. The Morgan fingerprint density at radius 1 is 1.30 bits per heavy atom. The van der Waals surface area contributed by atoms with Gasteiger partial charge >= 0.3 is 0 Å². The van der Waals surface area contributed by atoms with Crippen LogP contribution in [0.15, 0.2) is 30.6 Å². The zero-order chi connectivity index (χ0) is 14.5. The van der Waals surface area contributed by atoms with Crippen molar-refractivity contribution in [2.24, 2.45) is 7.05 Å². The minimum atomic E-state index is 0.154. The Bertz CT molecular complexity index is 546. The largest absolute Gasteiger partial charge is 0.310 e. The zero-order valence-electron chi connectivity index (χ0n) is 11.7. The Hall–Kier alpha value is -1.03. The molecule has 5 heteroatoms. The maximum Gasteiger partial charge on any atom is 0.0521 e. The molecule has 0 spiro atoms. The van der Waals surface area contributed by atoms with E-state index in [0.717, 1.165) is 35.0 Å². The van der Waals surface area contributed by atoms with Crippen LogP contribution in [0, 0.1) is 0 Å². The molecule has 0 saturated heterocycles. The van der Waals surface area contributed by atoms with Crippen molar-refractivity contribution >= 4 is 23.2 Å². The van der Waals surface area contributed by atoms with Crippen LogP contribution in [0.1, 0.15) is 30.5 Å². The molecule has 0 fully saturated rings. The first-order chi connectivity index (χ1) is 9.61. The van der Waals surface area contributed by atoms with Crippen LogP contribution >= 0.6 is 23.2 Å². The lowest BCUT2D eigenvalue weighted by Gasteiger charge is -2.20. The summed E-state index contributed by atoms with van der Waals surface area (Å²) in [5.41, 5.74) is 2.21. The van der Waals surface area contributed by atoms with Crippen molar-refractivity contribution in [3.8, 4) is 0 Å². The first-order valence-corrected chi connectivity index (χ1v) is 7.52. The molecule has 0 aliphatic rings. The van der Waals surface area contributed by atoms with Crippen molar-refractivity contribution in [2.75, 3.05) is 6.54 Å². The van der Waals surface area contributed by atoms with Gasteiger partial charge in [-0.1, -0.05) is 36.2 Å². The fourth-order valence-corrected chi connectivity index (χ4v) is 3.01. The Morgan fingerprint density at radius 2 is 2.00 bits per heavy atom. The highest BCUT2D eigenvalue weighted by atomic mass is 35.5. The third-order valence-electron chi connectivity index (χ3n) is 3.28. The highest BCUT2D eigenvalue weighted by Gasteiger charge is 2.17. The van der Waals surface area contributed by atoms with Gasteiger partial charge in [0.05, 0.1) is 6.20 Å². The molecule has 0 aliphatic heterocycles. The molecule has 0 bridgehead atoms. The maximum atomic E-state index is 6.30. The fraction of sp³-hybridized carbons (Fsp3) is 0.400. The number of hydrogen-bond donors (Lipinski definition) is 1. The maximum absolute atomic E-state index is 6.30. The molecule has 1 N–H and O–H groups in total. The number of nitrogens with zero attached hydrogens (tertiary/aromatic N) is 2. The summed E-state index contributed by atoms with van der Waals surface area (Å²) < 4.78 is 1.82. The van der Waals surface area contributed by atoms with Gasteiger partial charge in [0.1, 0.15) is 0 Å². The van der Waals surface area contributed by atoms with Crippen LogP contribution < -0.4 is 5.32 Å². The van der Waals surface area contributed by atoms with Crippen molar-refractivity contribution in [3.63, 3.8) is 0 Å². The van der Waals surface area contributed by atoms with Crippen LogP contribution in [0.3, 0.4) is 0 Å². The Kier molecular flexibility index (Phi) is 5.46. The molecule has 0 saturated carbocycles. The summed E-state index contributed by atoms with van der Waals surface area (Å²) in [7, 11) is 1.93. The van der Waals surface area contributed by atoms with Gasteiger partial charge in [0.15, 0.2) is 0 Å². The number of rotatable bonds is 6. The van der Waals surface area contributed by atoms with Crippen LogP contribution in [0.5, 0.6) is 0 Å². The van der Waals surface area contributed by atoms with Crippen molar-refractivity contribution < 1.29 is 0 Å². The number of aromatic nitrogens is 2. The van der Waals surface area contributed by atoms with Gasteiger partial charge in [0.2, 0.25) is 0 Å². The average Bonchev–Trinajstić information content (AvgIpc) is 2.81. The SMILES string of the molecule is CCNC(CCc1cnn(C)c1)c1c(Cl)cccc1Cl. The van der Waals surface area contributed by atoms with Gasteiger partial charge in [-0.15, -0.1) is 0 Å². The van der Waals surface area contributed by atoms with E-state index in [9.17, 15) is 0 Å². The zero-order valence-corrected chi connectivity index (χ0v) is 13.2. The van der Waals surface area contributed by atoms with Crippen LogP contribution in [0.4, 0.5) is 0 Å². The Balaban J connectivity index is 2.14. The average molecular weight is 312 g/mol. The van der Waals surface area contributed by atoms with E-state index in [1.165, 1.54) is 5.56 Å². The lowest BCUT2D eigenvalue weighted by molar-refractivity contribution is 0.515. The van der Waals surface area contributed by atoms with E-state index in [1.807, 2.05) is 42.3 Å². The third-order valence-corrected chi connectivity index (χ3v) is 3.94. The minimum Gasteiger partial charge on any atom is -0.310 e.